The Morgan fingerprint density at radius 1 is 1.12 bits per heavy atom. The molecule has 0 saturated heterocycles. The molecule has 0 radical (unpaired) electrons. The van der Waals surface area contributed by atoms with Crippen LogP contribution >= 0.6 is 0 Å². The average Bonchev–Trinajstić information content (AvgIpc) is 3.00. The lowest BCUT2D eigenvalue weighted by atomic mass is 10.1. The summed E-state index contributed by atoms with van der Waals surface area (Å²) in [5.41, 5.74) is 0.139. The van der Waals surface area contributed by atoms with Crippen LogP contribution in [0, 0.1) is 5.92 Å². The van der Waals surface area contributed by atoms with E-state index in [1.165, 1.54) is 0 Å². The van der Waals surface area contributed by atoms with Crippen molar-refractivity contribution in [3.63, 3.8) is 0 Å². The molecule has 0 aliphatic heterocycles. The highest BCUT2D eigenvalue weighted by Gasteiger charge is 2.46. The Morgan fingerprint density at radius 2 is 1.75 bits per heavy atom. The summed E-state index contributed by atoms with van der Waals surface area (Å²) in [5.74, 6) is -4.84. The van der Waals surface area contributed by atoms with E-state index < -0.39 is 40.8 Å². The second-order valence-electron chi connectivity index (χ2n) is 3.82. The summed E-state index contributed by atoms with van der Waals surface area (Å²) in [5, 5.41) is 45.8. The van der Waals surface area contributed by atoms with Gasteiger partial charge in [-0.2, -0.15) is 0 Å². The van der Waals surface area contributed by atoms with Gasteiger partial charge < -0.3 is 25.5 Å². The van der Waals surface area contributed by atoms with Crippen molar-refractivity contribution in [3.05, 3.63) is 11.6 Å². The third-order valence-electron chi connectivity index (χ3n) is 2.76. The SMILES string of the molecule is O=C(O)C1CC1c1cc(O)c(O)c(O)c1O. The van der Waals surface area contributed by atoms with E-state index >= 15 is 0 Å². The van der Waals surface area contributed by atoms with E-state index in [0.717, 1.165) is 6.07 Å². The second-order valence-corrected chi connectivity index (χ2v) is 3.82. The summed E-state index contributed by atoms with van der Waals surface area (Å²) in [6, 6.07) is 1.07. The van der Waals surface area contributed by atoms with E-state index in [0.29, 0.717) is 6.42 Å². The number of carboxylic acid groups (broad SMARTS) is 1. The maximum Gasteiger partial charge on any atom is 0.307 e. The molecule has 16 heavy (non-hydrogen) atoms. The second kappa shape index (κ2) is 3.19. The Bertz CT molecular complexity index is 467. The van der Waals surface area contributed by atoms with Gasteiger partial charge in [0.25, 0.3) is 0 Å². The lowest BCUT2D eigenvalue weighted by Crippen LogP contribution is -1.99. The van der Waals surface area contributed by atoms with Crippen molar-refractivity contribution >= 4 is 5.97 Å². The van der Waals surface area contributed by atoms with E-state index in [1.54, 1.807) is 0 Å². The number of hydrogen-bond donors (Lipinski definition) is 5. The first kappa shape index (κ1) is 10.4. The van der Waals surface area contributed by atoms with Crippen LogP contribution in [0.3, 0.4) is 0 Å². The van der Waals surface area contributed by atoms with Gasteiger partial charge in [0.1, 0.15) is 0 Å². The predicted molar refractivity (Wildman–Crippen MR) is 51.6 cm³/mol. The van der Waals surface area contributed by atoms with Crippen LogP contribution in [0.1, 0.15) is 17.9 Å². The molecule has 1 aromatic rings. The van der Waals surface area contributed by atoms with E-state index in [2.05, 4.69) is 0 Å². The van der Waals surface area contributed by atoms with Gasteiger partial charge in [-0.3, -0.25) is 4.79 Å². The highest BCUT2D eigenvalue weighted by atomic mass is 16.4. The standard InChI is InChI=1S/C10H10O6/c11-6-2-4(3-1-5(3)10(15)16)7(12)9(14)8(6)13/h2-3,5,11-14H,1H2,(H,15,16). The first-order valence-electron chi connectivity index (χ1n) is 4.63. The van der Waals surface area contributed by atoms with Crippen LogP contribution in [0.15, 0.2) is 6.07 Å². The molecular weight excluding hydrogens is 216 g/mol. The number of hydrogen-bond acceptors (Lipinski definition) is 5. The zero-order chi connectivity index (χ0) is 12.0. The van der Waals surface area contributed by atoms with Gasteiger partial charge in [-0.15, -0.1) is 0 Å². The molecule has 1 aliphatic rings. The Balaban J connectivity index is 2.41. The molecule has 1 aliphatic carbocycles. The zero-order valence-electron chi connectivity index (χ0n) is 8.08. The third-order valence-corrected chi connectivity index (χ3v) is 2.76. The van der Waals surface area contributed by atoms with Crippen molar-refractivity contribution in [2.24, 2.45) is 5.92 Å². The van der Waals surface area contributed by atoms with Gasteiger partial charge in [-0.05, 0) is 12.5 Å². The number of rotatable bonds is 2. The number of carboxylic acids is 1. The van der Waals surface area contributed by atoms with Crippen molar-refractivity contribution in [3.8, 4) is 23.0 Å². The minimum Gasteiger partial charge on any atom is -0.504 e. The fourth-order valence-electron chi connectivity index (χ4n) is 1.75. The molecule has 5 N–H and O–H groups in total. The fraction of sp³-hybridized carbons (Fsp3) is 0.300. The minimum atomic E-state index is -0.989. The molecule has 6 nitrogen and oxygen atoms in total. The quantitative estimate of drug-likeness (QED) is 0.374. The number of phenolic OH excluding ortho intramolecular Hbond substituents is 4. The molecule has 1 fully saturated rings. The predicted octanol–water partition coefficient (Wildman–Crippen LogP) is 0.697. The lowest BCUT2D eigenvalue weighted by molar-refractivity contribution is -0.138. The van der Waals surface area contributed by atoms with Gasteiger partial charge in [-0.1, -0.05) is 0 Å². The molecule has 0 spiro atoms. The first-order chi connectivity index (χ1) is 7.43. The largest absolute Gasteiger partial charge is 0.504 e. The molecule has 6 heteroatoms. The lowest BCUT2D eigenvalue weighted by Gasteiger charge is -2.08. The van der Waals surface area contributed by atoms with Crippen molar-refractivity contribution in [2.75, 3.05) is 0 Å². The first-order valence-corrected chi connectivity index (χ1v) is 4.63. The molecule has 1 aromatic carbocycles. The highest BCUT2D eigenvalue weighted by molar-refractivity contribution is 5.76. The van der Waals surface area contributed by atoms with Crippen LogP contribution in [0.4, 0.5) is 0 Å². The van der Waals surface area contributed by atoms with E-state index in [4.69, 9.17) is 10.2 Å². The van der Waals surface area contributed by atoms with Crippen LogP contribution < -0.4 is 0 Å². The molecule has 2 atom stereocenters. The Labute approximate surface area is 90.0 Å². The van der Waals surface area contributed by atoms with Gasteiger partial charge >= 0.3 is 5.97 Å². The molecular formula is C10H10O6. The highest BCUT2D eigenvalue weighted by Crippen LogP contribution is 2.55. The Hall–Kier alpha value is -2.11. The summed E-state index contributed by atoms with van der Waals surface area (Å²) in [7, 11) is 0. The minimum absolute atomic E-state index is 0.139. The summed E-state index contributed by atoms with van der Waals surface area (Å²) in [4.78, 5) is 10.6. The molecule has 2 rings (SSSR count). The van der Waals surface area contributed by atoms with Crippen molar-refractivity contribution < 1.29 is 30.3 Å². The van der Waals surface area contributed by atoms with Crippen LogP contribution in [-0.2, 0) is 4.79 Å². The smallest absolute Gasteiger partial charge is 0.307 e. The van der Waals surface area contributed by atoms with Crippen LogP contribution in [-0.4, -0.2) is 31.5 Å². The van der Waals surface area contributed by atoms with Crippen LogP contribution in [0.25, 0.3) is 0 Å². The molecule has 0 bridgehead atoms. The summed E-state index contributed by atoms with van der Waals surface area (Å²) in [6.07, 6.45) is 0.340. The molecule has 2 unspecified atom stereocenters. The maximum absolute atomic E-state index is 10.6. The van der Waals surface area contributed by atoms with Crippen molar-refractivity contribution in [2.45, 2.75) is 12.3 Å². The molecule has 0 amide bonds. The van der Waals surface area contributed by atoms with Crippen molar-refractivity contribution in [1.82, 2.24) is 0 Å². The maximum atomic E-state index is 10.6. The number of benzene rings is 1. The zero-order valence-corrected chi connectivity index (χ0v) is 8.08. The van der Waals surface area contributed by atoms with E-state index in [-0.39, 0.29) is 5.56 Å². The normalized spacial score (nSPS) is 23.0. The number of phenols is 4. The fourth-order valence-corrected chi connectivity index (χ4v) is 1.75. The topological polar surface area (TPSA) is 118 Å². The molecule has 1 saturated carbocycles. The van der Waals surface area contributed by atoms with Gasteiger partial charge in [0.05, 0.1) is 5.92 Å². The Kier molecular flexibility index (Phi) is 2.08. The molecule has 86 valence electrons. The van der Waals surface area contributed by atoms with E-state index in [9.17, 15) is 20.1 Å². The summed E-state index contributed by atoms with van der Waals surface area (Å²) >= 11 is 0. The number of carbonyl (C=O) groups is 1. The third kappa shape index (κ3) is 1.39. The van der Waals surface area contributed by atoms with Gasteiger partial charge in [0, 0.05) is 11.5 Å². The summed E-state index contributed by atoms with van der Waals surface area (Å²) in [6.45, 7) is 0. The molecule has 0 heterocycles. The molecule has 0 aromatic heterocycles. The van der Waals surface area contributed by atoms with Crippen LogP contribution in [0.2, 0.25) is 0 Å². The van der Waals surface area contributed by atoms with Gasteiger partial charge in [-0.25, -0.2) is 0 Å². The number of aromatic hydroxyl groups is 4. The summed E-state index contributed by atoms with van der Waals surface area (Å²) < 4.78 is 0. The average molecular weight is 226 g/mol. The van der Waals surface area contributed by atoms with Crippen molar-refractivity contribution in [1.29, 1.82) is 0 Å². The van der Waals surface area contributed by atoms with Gasteiger partial charge in [0.2, 0.25) is 11.5 Å². The van der Waals surface area contributed by atoms with Crippen LogP contribution in [0.5, 0.6) is 23.0 Å². The van der Waals surface area contributed by atoms with E-state index in [1.807, 2.05) is 0 Å². The Morgan fingerprint density at radius 3 is 2.25 bits per heavy atom. The van der Waals surface area contributed by atoms with Gasteiger partial charge in [0.15, 0.2) is 11.5 Å². The monoisotopic (exact) mass is 226 g/mol. The number of aliphatic carboxylic acids is 1.